The van der Waals surface area contributed by atoms with Gasteiger partial charge in [0, 0.05) is 36.5 Å². The van der Waals surface area contributed by atoms with Crippen molar-refractivity contribution in [3.05, 3.63) is 108 Å². The molecule has 7 atom stereocenters. The molecule has 6 amide bonds. The number of amides is 6. The van der Waals surface area contributed by atoms with Crippen molar-refractivity contribution in [3.8, 4) is 0 Å². The normalized spacial score (nSPS) is 24.4. The summed E-state index contributed by atoms with van der Waals surface area (Å²) in [5, 5.41) is 25.6. The summed E-state index contributed by atoms with van der Waals surface area (Å²) in [6.07, 6.45) is 2.31. The molecular weight excluding hydrogens is 741 g/mol. The Balaban J connectivity index is 1.41. The van der Waals surface area contributed by atoms with Gasteiger partial charge in [-0.05, 0) is 68.3 Å². The molecule has 2 aliphatic rings. The molecule has 15 heteroatoms. The molecule has 0 spiro atoms. The van der Waals surface area contributed by atoms with Crippen LogP contribution in [0, 0.1) is 0 Å². The van der Waals surface area contributed by atoms with Gasteiger partial charge in [-0.2, -0.15) is 0 Å². The molecule has 0 bridgehead atoms. The number of nitrogens with two attached hydrogens (primary N) is 1. The first-order chi connectivity index (χ1) is 28.0. The molecule has 58 heavy (non-hydrogen) atoms. The Hall–Kier alpha value is -6.06. The summed E-state index contributed by atoms with van der Waals surface area (Å²) >= 11 is 0. The highest BCUT2D eigenvalue weighted by atomic mass is 16.3. The number of carbonyl (C=O) groups is 6. The van der Waals surface area contributed by atoms with Crippen LogP contribution in [0.15, 0.2) is 91.1 Å². The minimum Gasteiger partial charge on any atom is -0.391 e. The zero-order chi connectivity index (χ0) is 41.2. The van der Waals surface area contributed by atoms with E-state index in [9.17, 15) is 33.9 Å². The van der Waals surface area contributed by atoms with Crippen LogP contribution in [-0.2, 0) is 41.6 Å². The molecule has 3 heterocycles. The third kappa shape index (κ3) is 10.1. The lowest BCUT2D eigenvalue weighted by Crippen LogP contribution is -2.62. The second-order valence-electron chi connectivity index (χ2n) is 15.0. The van der Waals surface area contributed by atoms with Crippen molar-refractivity contribution in [2.24, 2.45) is 5.73 Å². The highest BCUT2D eigenvalue weighted by Gasteiger charge is 2.41. The predicted octanol–water partition coefficient (Wildman–Crippen LogP) is 1.26. The third-order valence-electron chi connectivity index (χ3n) is 10.8. The van der Waals surface area contributed by atoms with Crippen LogP contribution in [0.3, 0.4) is 0 Å². The van der Waals surface area contributed by atoms with E-state index in [4.69, 9.17) is 5.73 Å². The van der Waals surface area contributed by atoms with Crippen molar-refractivity contribution >= 4 is 46.3 Å². The third-order valence-corrected chi connectivity index (χ3v) is 10.8. The number of aliphatic hydroxyl groups is 1. The Labute approximate surface area is 336 Å². The number of hydrogen-bond donors (Lipinski definition) is 8. The molecule has 306 valence electrons. The largest absolute Gasteiger partial charge is 0.391 e. The number of para-hydroxylation sites is 1. The Morgan fingerprint density at radius 2 is 1.36 bits per heavy atom. The lowest BCUT2D eigenvalue weighted by Gasteiger charge is -2.32. The zero-order valence-electron chi connectivity index (χ0n) is 32.5. The number of hydrogen-bond acceptors (Lipinski definition) is 8. The van der Waals surface area contributed by atoms with Crippen LogP contribution < -0.4 is 32.3 Å². The summed E-state index contributed by atoms with van der Waals surface area (Å²) in [6, 6.07) is 17.7. The van der Waals surface area contributed by atoms with Gasteiger partial charge in [-0.25, -0.2) is 0 Å². The standard InChI is InChI=1S/C43H52N8O7/c1-26(52)36-41(56)48-34(23-27-13-4-2-5-14-27)43(58)51-22-12-20-35(51)40(55)50-37(28-15-6-3-7-16-28)42(57)47-33(24-29-25-45-31-18-9-8-17-30(29)31)39(54)46-32(38(53)49-36)19-10-11-21-44/h2-9,13-18,25-26,32-37,45,52H,10-12,19-24,44H2,1H3,(H,46,54)(H,47,57)(H,48,56)(H,49,53)(H,50,55)/t26-,32+,33-,34+,35+,36+,37+/m1/s1. The van der Waals surface area contributed by atoms with Gasteiger partial charge in [-0.3, -0.25) is 28.8 Å². The van der Waals surface area contributed by atoms with E-state index < -0.39 is 77.8 Å². The molecule has 4 aromatic rings. The fourth-order valence-electron chi connectivity index (χ4n) is 7.68. The lowest BCUT2D eigenvalue weighted by molar-refractivity contribution is -0.143. The number of aliphatic hydroxyl groups excluding tert-OH is 1. The van der Waals surface area contributed by atoms with Crippen LogP contribution >= 0.6 is 0 Å². The number of fused-ring (bicyclic) bond motifs is 2. The zero-order valence-corrected chi connectivity index (χ0v) is 32.5. The van der Waals surface area contributed by atoms with Crippen LogP contribution in [-0.4, -0.2) is 99.8 Å². The molecule has 1 aromatic heterocycles. The first-order valence-corrected chi connectivity index (χ1v) is 19.9. The van der Waals surface area contributed by atoms with Crippen molar-refractivity contribution in [1.29, 1.82) is 0 Å². The number of nitrogens with zero attached hydrogens (tertiary/aromatic N) is 1. The fraction of sp³-hybridized carbons (Fsp3) is 0.395. The summed E-state index contributed by atoms with van der Waals surface area (Å²) in [5.74, 6) is -4.03. The number of rotatable bonds is 10. The number of aromatic nitrogens is 1. The van der Waals surface area contributed by atoms with E-state index in [-0.39, 0.29) is 25.8 Å². The number of carbonyl (C=O) groups excluding carboxylic acids is 6. The van der Waals surface area contributed by atoms with Crippen molar-refractivity contribution in [1.82, 2.24) is 36.5 Å². The number of H-pyrrole nitrogens is 1. The van der Waals surface area contributed by atoms with E-state index in [0.717, 1.165) is 22.0 Å². The molecule has 0 aliphatic carbocycles. The second-order valence-corrected chi connectivity index (χ2v) is 15.0. The Bertz CT molecular complexity index is 2070. The molecule has 6 rings (SSSR count). The van der Waals surface area contributed by atoms with Crippen LogP contribution in [0.25, 0.3) is 10.9 Å². The van der Waals surface area contributed by atoms with E-state index in [1.165, 1.54) is 11.8 Å². The van der Waals surface area contributed by atoms with Crippen molar-refractivity contribution < 1.29 is 33.9 Å². The maximum atomic E-state index is 14.5. The van der Waals surface area contributed by atoms with Gasteiger partial charge >= 0.3 is 0 Å². The number of aromatic amines is 1. The first kappa shape index (κ1) is 41.6. The van der Waals surface area contributed by atoms with Gasteiger partial charge in [0.2, 0.25) is 35.4 Å². The van der Waals surface area contributed by atoms with Crippen LogP contribution in [0.1, 0.15) is 61.8 Å². The number of unbranched alkanes of at least 4 members (excludes halogenated alkanes) is 1. The van der Waals surface area contributed by atoms with Gasteiger partial charge in [-0.1, -0.05) is 78.9 Å². The quantitative estimate of drug-likeness (QED) is 0.109. The summed E-state index contributed by atoms with van der Waals surface area (Å²) in [5.41, 5.74) is 8.48. The molecule has 0 radical (unpaired) electrons. The van der Waals surface area contributed by atoms with Crippen molar-refractivity contribution in [2.45, 2.75) is 94.2 Å². The van der Waals surface area contributed by atoms with Gasteiger partial charge in [0.15, 0.2) is 0 Å². The van der Waals surface area contributed by atoms with Crippen molar-refractivity contribution in [2.75, 3.05) is 13.1 Å². The molecule has 15 nitrogen and oxygen atoms in total. The average molecular weight is 793 g/mol. The maximum Gasteiger partial charge on any atom is 0.247 e. The summed E-state index contributed by atoms with van der Waals surface area (Å²) in [6.45, 7) is 1.89. The second kappa shape index (κ2) is 19.4. The highest BCUT2D eigenvalue weighted by molar-refractivity contribution is 5.99. The molecule has 9 N–H and O–H groups in total. The predicted molar refractivity (Wildman–Crippen MR) is 217 cm³/mol. The van der Waals surface area contributed by atoms with Crippen LogP contribution in [0.2, 0.25) is 0 Å². The molecule has 2 aliphatic heterocycles. The molecule has 0 unspecified atom stereocenters. The molecule has 2 fully saturated rings. The number of nitrogens with one attached hydrogen (secondary N) is 6. The van der Waals surface area contributed by atoms with E-state index in [2.05, 4.69) is 31.6 Å². The van der Waals surface area contributed by atoms with Gasteiger partial charge in [-0.15, -0.1) is 0 Å². The minimum absolute atomic E-state index is 0.0145. The first-order valence-electron chi connectivity index (χ1n) is 19.9. The molecule has 3 aromatic carbocycles. The smallest absolute Gasteiger partial charge is 0.247 e. The Morgan fingerprint density at radius 3 is 2.09 bits per heavy atom. The maximum absolute atomic E-state index is 14.5. The molecule has 2 saturated heterocycles. The lowest BCUT2D eigenvalue weighted by atomic mass is 10.00. The van der Waals surface area contributed by atoms with Gasteiger partial charge in [0.1, 0.15) is 36.3 Å². The fourth-order valence-corrected chi connectivity index (χ4v) is 7.68. The monoisotopic (exact) mass is 792 g/mol. The summed E-state index contributed by atoms with van der Waals surface area (Å²) < 4.78 is 0. The van der Waals surface area contributed by atoms with E-state index >= 15 is 0 Å². The topological polar surface area (TPSA) is 228 Å². The van der Waals surface area contributed by atoms with Gasteiger partial charge in [0.05, 0.1) is 6.10 Å². The van der Waals surface area contributed by atoms with Gasteiger partial charge in [0.25, 0.3) is 0 Å². The Morgan fingerprint density at radius 1 is 0.707 bits per heavy atom. The summed E-state index contributed by atoms with van der Waals surface area (Å²) in [4.78, 5) is 90.2. The van der Waals surface area contributed by atoms with Crippen molar-refractivity contribution in [3.63, 3.8) is 0 Å². The Kier molecular flexibility index (Phi) is 13.9. The summed E-state index contributed by atoms with van der Waals surface area (Å²) in [7, 11) is 0. The van der Waals surface area contributed by atoms with Crippen LogP contribution in [0.4, 0.5) is 0 Å². The molecule has 0 saturated carbocycles. The van der Waals surface area contributed by atoms with Crippen LogP contribution in [0.5, 0.6) is 0 Å². The number of benzene rings is 3. The average Bonchev–Trinajstić information content (AvgIpc) is 3.89. The van der Waals surface area contributed by atoms with E-state index in [1.807, 2.05) is 30.3 Å². The minimum atomic E-state index is -1.52. The van der Waals surface area contributed by atoms with Gasteiger partial charge < -0.3 is 47.3 Å². The molecular formula is C43H52N8O7. The van der Waals surface area contributed by atoms with E-state index in [0.29, 0.717) is 37.8 Å². The van der Waals surface area contributed by atoms with E-state index in [1.54, 1.807) is 60.8 Å². The SMILES string of the molecule is C[C@@H](O)[C@@H]1NC(=O)[C@H](CCCCN)NC(=O)[C@@H](Cc2c[nH]c3ccccc23)NC(=O)[C@H](c2ccccc2)NC(=O)[C@@H]2CCCN2C(=O)[C@H](Cc2ccccc2)NC1=O. The highest BCUT2D eigenvalue weighted by Crippen LogP contribution is 2.24.